The molecule has 0 radical (unpaired) electrons. The summed E-state index contributed by atoms with van der Waals surface area (Å²) < 4.78 is 28.2. The van der Waals surface area contributed by atoms with Gasteiger partial charge in [0.1, 0.15) is 11.3 Å². The minimum atomic E-state index is -3.69. The summed E-state index contributed by atoms with van der Waals surface area (Å²) in [5, 5.41) is 0.956. The van der Waals surface area contributed by atoms with E-state index in [1.807, 2.05) is 103 Å². The lowest BCUT2D eigenvalue weighted by molar-refractivity contribution is 0.0173. The molecule has 0 spiro atoms. The molecule has 4 aromatic rings. The van der Waals surface area contributed by atoms with E-state index in [1.54, 1.807) is 17.2 Å². The highest BCUT2D eigenvalue weighted by atomic mass is 32.2. The van der Waals surface area contributed by atoms with Crippen LogP contribution in [-0.4, -0.2) is 13.7 Å². The molecule has 4 nitrogen and oxygen atoms in total. The number of fused-ring (bicyclic) bond motifs is 3. The number of rotatable bonds is 3. The molecule has 32 heavy (non-hydrogen) atoms. The first-order chi connectivity index (χ1) is 15.6. The van der Waals surface area contributed by atoms with Gasteiger partial charge in [-0.2, -0.15) is 0 Å². The molecule has 0 bridgehead atoms. The van der Waals surface area contributed by atoms with E-state index in [4.69, 9.17) is 4.84 Å². The molecule has 0 saturated carbocycles. The fourth-order valence-electron chi connectivity index (χ4n) is 5.16. The van der Waals surface area contributed by atoms with Crippen LogP contribution >= 0.6 is 0 Å². The van der Waals surface area contributed by atoms with Gasteiger partial charge in [-0.05, 0) is 29.3 Å². The lowest BCUT2D eigenvalue weighted by Crippen LogP contribution is -2.38. The molecule has 3 atom stereocenters. The first-order valence-electron chi connectivity index (χ1n) is 10.6. The second-order valence-electron chi connectivity index (χ2n) is 8.17. The third-order valence-electron chi connectivity index (χ3n) is 6.46. The fourth-order valence-corrected chi connectivity index (χ4v) is 7.58. The maximum atomic E-state index is 14.1. The van der Waals surface area contributed by atoms with Gasteiger partial charge in [0.15, 0.2) is 15.4 Å². The van der Waals surface area contributed by atoms with Gasteiger partial charge in [0, 0.05) is 5.56 Å². The average molecular weight is 440 g/mol. The number of sulfone groups is 1. The second-order valence-corrected chi connectivity index (χ2v) is 10.2. The Morgan fingerprint density at radius 3 is 1.94 bits per heavy atom. The van der Waals surface area contributed by atoms with Gasteiger partial charge < -0.3 is 0 Å². The third kappa shape index (κ3) is 2.55. The van der Waals surface area contributed by atoms with Crippen molar-refractivity contribution in [3.63, 3.8) is 0 Å². The standard InChI is InChI=1S/C27H21NO3S/c29-32(30)24-19-11-10-18-23(24)27(21-14-6-2-7-15-21)26(32)25(20-12-4-1-5-13-20)28(31-27)22-16-8-3-9-17-22/h1-19,25-26H. The Kier molecular flexibility index (Phi) is 4.25. The molecule has 0 amide bonds. The summed E-state index contributed by atoms with van der Waals surface area (Å²) in [5.74, 6) is 0. The summed E-state index contributed by atoms with van der Waals surface area (Å²) in [5.41, 5.74) is 2.09. The summed E-state index contributed by atoms with van der Waals surface area (Å²) in [4.78, 5) is 7.18. The molecule has 1 saturated heterocycles. The SMILES string of the molecule is O=S1(=O)c2ccccc2C2(c3ccccc3)ON(c3ccccc3)C(c3ccccc3)C21. The van der Waals surface area contributed by atoms with Crippen molar-refractivity contribution in [3.8, 4) is 0 Å². The molecule has 4 aromatic carbocycles. The minimum absolute atomic E-state index is 0.350. The van der Waals surface area contributed by atoms with Gasteiger partial charge >= 0.3 is 0 Å². The van der Waals surface area contributed by atoms with Crippen LogP contribution in [0.5, 0.6) is 0 Å². The van der Waals surface area contributed by atoms with E-state index in [0.29, 0.717) is 10.5 Å². The molecule has 0 aliphatic carbocycles. The van der Waals surface area contributed by atoms with Crippen LogP contribution < -0.4 is 5.06 Å². The number of nitrogens with zero attached hydrogens (tertiary/aromatic N) is 1. The molecule has 6 rings (SSSR count). The molecule has 0 N–H and O–H groups in total. The molecular formula is C27H21NO3S. The number of benzene rings is 4. The summed E-state index contributed by atoms with van der Waals surface area (Å²) in [6.07, 6.45) is 0. The Morgan fingerprint density at radius 2 is 1.25 bits per heavy atom. The van der Waals surface area contributed by atoms with Crippen molar-refractivity contribution < 1.29 is 13.3 Å². The molecule has 1 fully saturated rings. The van der Waals surface area contributed by atoms with E-state index in [9.17, 15) is 8.42 Å². The molecule has 2 aliphatic rings. The highest BCUT2D eigenvalue weighted by molar-refractivity contribution is 7.92. The average Bonchev–Trinajstić information content (AvgIpc) is 3.32. The zero-order chi connectivity index (χ0) is 21.8. The van der Waals surface area contributed by atoms with Crippen molar-refractivity contribution in [1.29, 1.82) is 0 Å². The monoisotopic (exact) mass is 439 g/mol. The van der Waals surface area contributed by atoms with Crippen LogP contribution in [0.1, 0.15) is 22.7 Å². The Bertz CT molecular complexity index is 1370. The van der Waals surface area contributed by atoms with Crippen molar-refractivity contribution in [3.05, 3.63) is 132 Å². The van der Waals surface area contributed by atoms with Crippen LogP contribution in [0.2, 0.25) is 0 Å². The molecule has 0 aromatic heterocycles. The first-order valence-corrected chi connectivity index (χ1v) is 12.2. The van der Waals surface area contributed by atoms with Gasteiger partial charge in [0.25, 0.3) is 0 Å². The largest absolute Gasteiger partial charge is 0.255 e. The molecule has 2 aliphatic heterocycles. The minimum Gasteiger partial charge on any atom is -0.255 e. The van der Waals surface area contributed by atoms with Gasteiger partial charge in [-0.25, -0.2) is 13.5 Å². The smallest absolute Gasteiger partial charge is 0.187 e. The summed E-state index contributed by atoms with van der Waals surface area (Å²) in [6, 6.07) is 35.9. The lowest BCUT2D eigenvalue weighted by atomic mass is 9.80. The number of hydrogen-bond donors (Lipinski definition) is 0. The zero-order valence-corrected chi connectivity index (χ0v) is 18.0. The zero-order valence-electron chi connectivity index (χ0n) is 17.2. The van der Waals surface area contributed by atoms with Crippen molar-refractivity contribution >= 4 is 15.5 Å². The van der Waals surface area contributed by atoms with Crippen LogP contribution in [0.15, 0.2) is 120 Å². The van der Waals surface area contributed by atoms with E-state index >= 15 is 0 Å². The van der Waals surface area contributed by atoms with Crippen LogP contribution in [-0.2, 0) is 20.3 Å². The van der Waals surface area contributed by atoms with Gasteiger partial charge in [-0.15, -0.1) is 0 Å². The Labute approximate surface area is 187 Å². The van der Waals surface area contributed by atoms with Gasteiger partial charge in [0.2, 0.25) is 0 Å². The summed E-state index contributed by atoms with van der Waals surface area (Å²) in [7, 11) is -3.69. The fraction of sp³-hybridized carbons (Fsp3) is 0.111. The topological polar surface area (TPSA) is 46.6 Å². The Hall–Kier alpha value is -3.41. The molecule has 2 heterocycles. The van der Waals surface area contributed by atoms with Gasteiger partial charge in [-0.1, -0.05) is 97.1 Å². The van der Waals surface area contributed by atoms with Gasteiger partial charge in [0.05, 0.1) is 10.6 Å². The Balaban J connectivity index is 1.69. The van der Waals surface area contributed by atoms with Crippen LogP contribution in [0.3, 0.4) is 0 Å². The maximum absolute atomic E-state index is 14.1. The van der Waals surface area contributed by atoms with E-state index in [1.165, 1.54) is 0 Å². The van der Waals surface area contributed by atoms with E-state index in [-0.39, 0.29) is 0 Å². The van der Waals surface area contributed by atoms with Crippen LogP contribution in [0, 0.1) is 0 Å². The number of para-hydroxylation sites is 1. The first kappa shape index (κ1) is 19.3. The van der Waals surface area contributed by atoms with E-state index in [2.05, 4.69) is 0 Å². The van der Waals surface area contributed by atoms with Crippen molar-refractivity contribution in [1.82, 2.24) is 0 Å². The quantitative estimate of drug-likeness (QED) is 0.436. The maximum Gasteiger partial charge on any atom is 0.187 e. The second kappa shape index (κ2) is 7.05. The van der Waals surface area contributed by atoms with E-state index in [0.717, 1.165) is 16.8 Å². The highest BCUT2D eigenvalue weighted by Crippen LogP contribution is 2.60. The number of anilines is 1. The molecular weight excluding hydrogens is 418 g/mol. The van der Waals surface area contributed by atoms with Crippen molar-refractivity contribution in [2.45, 2.75) is 21.8 Å². The highest BCUT2D eigenvalue weighted by Gasteiger charge is 2.68. The summed E-state index contributed by atoms with van der Waals surface area (Å²) >= 11 is 0. The number of hydrogen-bond acceptors (Lipinski definition) is 4. The van der Waals surface area contributed by atoms with Crippen molar-refractivity contribution in [2.24, 2.45) is 0 Å². The normalized spacial score (nSPS) is 25.3. The van der Waals surface area contributed by atoms with Crippen molar-refractivity contribution in [2.75, 3.05) is 5.06 Å². The van der Waals surface area contributed by atoms with Crippen LogP contribution in [0.25, 0.3) is 0 Å². The predicted molar refractivity (Wildman–Crippen MR) is 124 cm³/mol. The van der Waals surface area contributed by atoms with E-state index < -0.39 is 26.7 Å². The van der Waals surface area contributed by atoms with Gasteiger partial charge in [-0.3, -0.25) is 4.84 Å². The van der Waals surface area contributed by atoms with Crippen LogP contribution in [0.4, 0.5) is 5.69 Å². The lowest BCUT2D eigenvalue weighted by Gasteiger charge is -2.29. The third-order valence-corrected chi connectivity index (χ3v) is 8.69. The summed E-state index contributed by atoms with van der Waals surface area (Å²) in [6.45, 7) is 0. The molecule has 158 valence electrons. The number of hydroxylamine groups is 1. The molecule has 5 heteroatoms. The predicted octanol–water partition coefficient (Wildman–Crippen LogP) is 5.28. The molecule has 3 unspecified atom stereocenters. The Morgan fingerprint density at radius 1 is 0.688 bits per heavy atom.